The van der Waals surface area contributed by atoms with Gasteiger partial charge in [0.25, 0.3) is 5.91 Å². The van der Waals surface area contributed by atoms with Gasteiger partial charge in [-0.3, -0.25) is 9.69 Å². The summed E-state index contributed by atoms with van der Waals surface area (Å²) in [5, 5.41) is 9.41. The molecule has 0 radical (unpaired) electrons. The Balaban J connectivity index is 1.90. The molecule has 6 heteroatoms. The quantitative estimate of drug-likeness (QED) is 0.774. The normalized spacial score (nSPS) is 17.3. The molecule has 25 heavy (non-hydrogen) atoms. The average Bonchev–Trinajstić information content (AvgIpc) is 2.92. The van der Waals surface area contributed by atoms with Crippen molar-refractivity contribution in [3.8, 4) is 6.07 Å². The number of carbonyl (C=O) groups is 1. The Morgan fingerprint density at radius 1 is 1.20 bits per heavy atom. The van der Waals surface area contributed by atoms with Crippen molar-refractivity contribution in [3.63, 3.8) is 0 Å². The molecule has 0 aliphatic carbocycles. The summed E-state index contributed by atoms with van der Waals surface area (Å²) in [7, 11) is 0. The second-order valence-corrected chi connectivity index (χ2v) is 6.27. The predicted molar refractivity (Wildman–Crippen MR) is 97.6 cm³/mol. The number of likely N-dealkylation sites (N-methyl/N-ethyl adjacent to an activating group) is 1. The first kappa shape index (κ1) is 16.9. The van der Waals surface area contributed by atoms with Crippen LogP contribution >= 0.6 is 11.8 Å². The molecule has 3 rings (SSSR count). The van der Waals surface area contributed by atoms with Gasteiger partial charge < -0.3 is 0 Å². The van der Waals surface area contributed by atoms with Crippen LogP contribution in [0.1, 0.15) is 18.1 Å². The van der Waals surface area contributed by atoms with E-state index in [2.05, 4.69) is 11.1 Å². The van der Waals surface area contributed by atoms with Gasteiger partial charge in [0, 0.05) is 6.54 Å². The first-order valence-electron chi connectivity index (χ1n) is 7.66. The smallest absolute Gasteiger partial charge is 0.266 e. The molecule has 0 N–H and O–H groups in total. The molecule has 2 aromatic rings. The minimum Gasteiger partial charge on any atom is -0.287 e. The Labute approximate surface area is 149 Å². The fourth-order valence-corrected chi connectivity index (χ4v) is 3.36. The lowest BCUT2D eigenvalue weighted by Crippen LogP contribution is -2.28. The number of halogens is 1. The van der Waals surface area contributed by atoms with E-state index in [-0.39, 0.29) is 11.7 Å². The molecule has 1 heterocycles. The van der Waals surface area contributed by atoms with Crippen LogP contribution in [0.4, 0.5) is 10.1 Å². The SMILES string of the molecule is CCN1C(=O)C(=Cc2ccc(C#N)cc2)SC1=Nc1ccc(F)cc1. The third-order valence-corrected chi connectivity index (χ3v) is 4.60. The van der Waals surface area contributed by atoms with Gasteiger partial charge >= 0.3 is 0 Å². The summed E-state index contributed by atoms with van der Waals surface area (Å²) in [6.07, 6.45) is 1.78. The van der Waals surface area contributed by atoms with E-state index in [0.717, 1.165) is 5.56 Å². The fraction of sp³-hybridized carbons (Fsp3) is 0.105. The second kappa shape index (κ2) is 7.32. The molecule has 1 saturated heterocycles. The molecule has 0 aromatic heterocycles. The van der Waals surface area contributed by atoms with E-state index in [1.165, 1.54) is 23.9 Å². The largest absolute Gasteiger partial charge is 0.287 e. The van der Waals surface area contributed by atoms with Gasteiger partial charge in [0.2, 0.25) is 0 Å². The van der Waals surface area contributed by atoms with E-state index < -0.39 is 0 Å². The number of aliphatic imine (C=N–C) groups is 1. The molecule has 4 nitrogen and oxygen atoms in total. The van der Waals surface area contributed by atoms with Crippen molar-refractivity contribution in [2.45, 2.75) is 6.92 Å². The van der Waals surface area contributed by atoms with Crippen molar-refractivity contribution in [2.24, 2.45) is 4.99 Å². The summed E-state index contributed by atoms with van der Waals surface area (Å²) in [5.41, 5.74) is 2.00. The number of thioether (sulfide) groups is 1. The van der Waals surface area contributed by atoms with Crippen LogP contribution < -0.4 is 0 Å². The maximum atomic E-state index is 13.0. The Kier molecular flexibility index (Phi) is 4.96. The number of nitrogens with zero attached hydrogens (tertiary/aromatic N) is 3. The summed E-state index contributed by atoms with van der Waals surface area (Å²) in [4.78, 5) is 19.2. The zero-order chi connectivity index (χ0) is 17.8. The predicted octanol–water partition coefficient (Wildman–Crippen LogP) is 4.32. The monoisotopic (exact) mass is 351 g/mol. The molecule has 1 fully saturated rings. The first-order valence-corrected chi connectivity index (χ1v) is 8.48. The van der Waals surface area contributed by atoms with E-state index in [1.807, 2.05) is 6.92 Å². The van der Waals surface area contributed by atoms with E-state index in [9.17, 15) is 9.18 Å². The zero-order valence-electron chi connectivity index (χ0n) is 13.4. The highest BCUT2D eigenvalue weighted by Crippen LogP contribution is 2.34. The van der Waals surface area contributed by atoms with Crippen LogP contribution in [0.5, 0.6) is 0 Å². The van der Waals surface area contributed by atoms with E-state index in [1.54, 1.807) is 47.4 Å². The minimum absolute atomic E-state index is 0.113. The average molecular weight is 351 g/mol. The summed E-state index contributed by atoms with van der Waals surface area (Å²) < 4.78 is 13.0. The number of rotatable bonds is 3. The number of hydrogen-bond acceptors (Lipinski definition) is 4. The van der Waals surface area contributed by atoms with Crippen molar-refractivity contribution >= 4 is 34.6 Å². The summed E-state index contributed by atoms with van der Waals surface area (Å²) in [5.74, 6) is -0.439. The third-order valence-electron chi connectivity index (χ3n) is 3.59. The lowest BCUT2D eigenvalue weighted by molar-refractivity contribution is -0.122. The molecule has 1 aliphatic heterocycles. The topological polar surface area (TPSA) is 56.5 Å². The van der Waals surface area contributed by atoms with Crippen molar-refractivity contribution in [1.82, 2.24) is 4.90 Å². The van der Waals surface area contributed by atoms with Crippen molar-refractivity contribution in [2.75, 3.05) is 6.54 Å². The Hall–Kier alpha value is -2.91. The maximum Gasteiger partial charge on any atom is 0.266 e. The summed E-state index contributed by atoms with van der Waals surface area (Å²) >= 11 is 1.28. The molecule has 1 aliphatic rings. The molecular formula is C19H14FN3OS. The Morgan fingerprint density at radius 2 is 1.88 bits per heavy atom. The molecule has 2 aromatic carbocycles. The van der Waals surface area contributed by atoms with Crippen LogP contribution in [0.3, 0.4) is 0 Å². The first-order chi connectivity index (χ1) is 12.1. The van der Waals surface area contributed by atoms with E-state index in [0.29, 0.717) is 27.9 Å². The molecular weight excluding hydrogens is 337 g/mol. The number of benzene rings is 2. The standard InChI is InChI=1S/C19H14FN3OS/c1-2-23-18(24)17(11-13-3-5-14(12-21)6-4-13)25-19(23)22-16-9-7-15(20)8-10-16/h3-11H,2H2,1H3. The summed E-state index contributed by atoms with van der Waals surface area (Å²) in [6, 6.07) is 14.9. The van der Waals surface area contributed by atoms with E-state index in [4.69, 9.17) is 5.26 Å². The number of amidine groups is 1. The van der Waals surface area contributed by atoms with Gasteiger partial charge in [-0.15, -0.1) is 0 Å². The van der Waals surface area contributed by atoms with Gasteiger partial charge in [0.15, 0.2) is 5.17 Å². The van der Waals surface area contributed by atoms with Gasteiger partial charge in [0.1, 0.15) is 5.82 Å². The fourth-order valence-electron chi connectivity index (χ4n) is 2.30. The van der Waals surface area contributed by atoms with Crippen LogP contribution in [0, 0.1) is 17.1 Å². The lowest BCUT2D eigenvalue weighted by Gasteiger charge is -2.11. The van der Waals surface area contributed by atoms with Crippen molar-refractivity contribution in [1.29, 1.82) is 5.26 Å². The van der Waals surface area contributed by atoms with Gasteiger partial charge in [-0.05, 0) is 66.7 Å². The van der Waals surface area contributed by atoms with E-state index >= 15 is 0 Å². The Bertz CT molecular complexity index is 896. The van der Waals surface area contributed by atoms with Gasteiger partial charge in [-0.1, -0.05) is 12.1 Å². The van der Waals surface area contributed by atoms with Crippen molar-refractivity contribution in [3.05, 3.63) is 70.4 Å². The molecule has 124 valence electrons. The second-order valence-electron chi connectivity index (χ2n) is 5.26. The highest BCUT2D eigenvalue weighted by atomic mass is 32.2. The van der Waals surface area contributed by atoms with Gasteiger partial charge in [-0.2, -0.15) is 5.26 Å². The van der Waals surface area contributed by atoms with Crippen LogP contribution in [-0.4, -0.2) is 22.5 Å². The van der Waals surface area contributed by atoms with Crippen LogP contribution in [0.2, 0.25) is 0 Å². The number of nitriles is 1. The zero-order valence-corrected chi connectivity index (χ0v) is 14.3. The van der Waals surface area contributed by atoms with Crippen LogP contribution in [-0.2, 0) is 4.79 Å². The molecule has 1 amide bonds. The number of amides is 1. The number of hydrogen-bond donors (Lipinski definition) is 0. The highest BCUT2D eigenvalue weighted by Gasteiger charge is 2.32. The van der Waals surface area contributed by atoms with Crippen LogP contribution in [0.15, 0.2) is 58.4 Å². The van der Waals surface area contributed by atoms with Gasteiger partial charge in [-0.25, -0.2) is 9.38 Å². The van der Waals surface area contributed by atoms with Crippen molar-refractivity contribution < 1.29 is 9.18 Å². The van der Waals surface area contributed by atoms with Crippen LogP contribution in [0.25, 0.3) is 6.08 Å². The summed E-state index contributed by atoms with van der Waals surface area (Å²) in [6.45, 7) is 2.37. The highest BCUT2D eigenvalue weighted by molar-refractivity contribution is 8.18. The third kappa shape index (κ3) is 3.78. The number of carbonyl (C=O) groups excluding carboxylic acids is 1. The lowest BCUT2D eigenvalue weighted by atomic mass is 10.1. The Morgan fingerprint density at radius 3 is 2.48 bits per heavy atom. The molecule has 0 saturated carbocycles. The molecule has 0 spiro atoms. The molecule has 0 bridgehead atoms. The molecule has 0 unspecified atom stereocenters. The van der Waals surface area contributed by atoms with Gasteiger partial charge in [0.05, 0.1) is 22.2 Å². The molecule has 0 atom stereocenters. The minimum atomic E-state index is -0.326. The maximum absolute atomic E-state index is 13.0.